The molecule has 0 unspecified atom stereocenters. The topological polar surface area (TPSA) is 20.3 Å². The van der Waals surface area contributed by atoms with Crippen molar-refractivity contribution in [3.8, 4) is 0 Å². The fourth-order valence-electron chi connectivity index (χ4n) is 2.23. The van der Waals surface area contributed by atoms with Gasteiger partial charge in [0, 0.05) is 26.6 Å². The SMILES string of the molecule is O=Cc1ccc(Br)cc1N(Cc1cccs1)C1CC1. The largest absolute Gasteiger partial charge is 0.363 e. The molecule has 3 rings (SSSR count). The van der Waals surface area contributed by atoms with Crippen molar-refractivity contribution in [3.05, 3.63) is 50.6 Å². The molecule has 0 bridgehead atoms. The first-order chi connectivity index (χ1) is 9.28. The van der Waals surface area contributed by atoms with E-state index >= 15 is 0 Å². The van der Waals surface area contributed by atoms with Gasteiger partial charge in [-0.05, 0) is 42.5 Å². The average Bonchev–Trinajstić information content (AvgIpc) is 3.13. The quantitative estimate of drug-likeness (QED) is 0.750. The molecule has 1 aliphatic rings. The van der Waals surface area contributed by atoms with Gasteiger partial charge < -0.3 is 4.90 Å². The molecule has 0 spiro atoms. The molecular formula is C15H14BrNOS. The Morgan fingerprint density at radius 2 is 2.21 bits per heavy atom. The molecule has 4 heteroatoms. The maximum Gasteiger partial charge on any atom is 0.152 e. The number of carbonyl (C=O) groups excluding carboxylic acids is 1. The summed E-state index contributed by atoms with van der Waals surface area (Å²) >= 11 is 5.27. The van der Waals surface area contributed by atoms with E-state index in [1.54, 1.807) is 11.3 Å². The molecule has 1 aromatic carbocycles. The van der Waals surface area contributed by atoms with Gasteiger partial charge in [0.05, 0.1) is 6.54 Å². The van der Waals surface area contributed by atoms with E-state index in [1.807, 2.05) is 12.1 Å². The van der Waals surface area contributed by atoms with Crippen molar-refractivity contribution in [2.75, 3.05) is 4.90 Å². The Morgan fingerprint density at radius 1 is 1.37 bits per heavy atom. The lowest BCUT2D eigenvalue weighted by atomic mass is 10.1. The number of aldehydes is 1. The minimum Gasteiger partial charge on any atom is -0.363 e. The van der Waals surface area contributed by atoms with Crippen molar-refractivity contribution in [3.63, 3.8) is 0 Å². The molecule has 1 aliphatic carbocycles. The summed E-state index contributed by atoms with van der Waals surface area (Å²) < 4.78 is 1.02. The van der Waals surface area contributed by atoms with Gasteiger partial charge in [-0.15, -0.1) is 11.3 Å². The van der Waals surface area contributed by atoms with E-state index in [-0.39, 0.29) is 0 Å². The molecular weight excluding hydrogens is 322 g/mol. The van der Waals surface area contributed by atoms with Gasteiger partial charge in [-0.2, -0.15) is 0 Å². The summed E-state index contributed by atoms with van der Waals surface area (Å²) in [5, 5.41) is 2.10. The summed E-state index contributed by atoms with van der Waals surface area (Å²) in [5.74, 6) is 0. The summed E-state index contributed by atoms with van der Waals surface area (Å²) in [5.41, 5.74) is 1.81. The number of carbonyl (C=O) groups is 1. The van der Waals surface area contributed by atoms with Crippen LogP contribution >= 0.6 is 27.3 Å². The molecule has 2 nitrogen and oxygen atoms in total. The molecule has 2 aromatic rings. The predicted octanol–water partition coefficient (Wildman–Crippen LogP) is 4.49. The molecule has 1 aromatic heterocycles. The zero-order chi connectivity index (χ0) is 13.2. The van der Waals surface area contributed by atoms with E-state index in [0.29, 0.717) is 6.04 Å². The lowest BCUT2D eigenvalue weighted by Crippen LogP contribution is -2.25. The number of hydrogen-bond acceptors (Lipinski definition) is 3. The molecule has 1 saturated carbocycles. The van der Waals surface area contributed by atoms with Gasteiger partial charge in [0.25, 0.3) is 0 Å². The Bertz CT molecular complexity index is 578. The van der Waals surface area contributed by atoms with Gasteiger partial charge in [-0.3, -0.25) is 4.79 Å². The highest BCUT2D eigenvalue weighted by Gasteiger charge is 2.30. The maximum atomic E-state index is 11.2. The second-order valence-corrected chi connectivity index (χ2v) is 6.71. The normalized spacial score (nSPS) is 14.4. The average molecular weight is 336 g/mol. The van der Waals surface area contributed by atoms with Crippen LogP contribution in [-0.2, 0) is 6.54 Å². The van der Waals surface area contributed by atoms with Crippen LogP contribution in [0.2, 0.25) is 0 Å². The van der Waals surface area contributed by atoms with Gasteiger partial charge in [0.15, 0.2) is 6.29 Å². The number of rotatable bonds is 5. The summed E-state index contributed by atoms with van der Waals surface area (Å²) in [6, 6.07) is 10.7. The van der Waals surface area contributed by atoms with Crippen LogP contribution in [0.4, 0.5) is 5.69 Å². The second-order valence-electron chi connectivity index (χ2n) is 4.76. The highest BCUT2D eigenvalue weighted by molar-refractivity contribution is 9.10. The summed E-state index contributed by atoms with van der Waals surface area (Å²) in [6.07, 6.45) is 3.39. The van der Waals surface area contributed by atoms with Crippen molar-refractivity contribution in [1.82, 2.24) is 0 Å². The van der Waals surface area contributed by atoms with Crippen molar-refractivity contribution in [2.45, 2.75) is 25.4 Å². The van der Waals surface area contributed by atoms with Crippen molar-refractivity contribution in [1.29, 1.82) is 0 Å². The molecule has 0 aliphatic heterocycles. The minimum absolute atomic E-state index is 0.579. The first-order valence-electron chi connectivity index (χ1n) is 6.31. The number of nitrogens with zero attached hydrogens (tertiary/aromatic N) is 1. The lowest BCUT2D eigenvalue weighted by Gasteiger charge is -2.25. The Labute approximate surface area is 125 Å². The van der Waals surface area contributed by atoms with Gasteiger partial charge in [-0.25, -0.2) is 0 Å². The Hall–Kier alpha value is -1.13. The number of benzene rings is 1. The number of hydrogen-bond donors (Lipinski definition) is 0. The summed E-state index contributed by atoms with van der Waals surface area (Å²) in [4.78, 5) is 14.9. The Kier molecular flexibility index (Phi) is 3.71. The predicted molar refractivity (Wildman–Crippen MR) is 83.1 cm³/mol. The highest BCUT2D eigenvalue weighted by atomic mass is 79.9. The van der Waals surface area contributed by atoms with Gasteiger partial charge in [0.2, 0.25) is 0 Å². The third-order valence-corrected chi connectivity index (χ3v) is 4.68. The number of thiophene rings is 1. The van der Waals surface area contributed by atoms with E-state index in [9.17, 15) is 4.79 Å². The molecule has 1 fully saturated rings. The number of anilines is 1. The van der Waals surface area contributed by atoms with E-state index in [2.05, 4.69) is 44.4 Å². The van der Waals surface area contributed by atoms with Crippen LogP contribution < -0.4 is 4.90 Å². The van der Waals surface area contributed by atoms with E-state index in [1.165, 1.54) is 17.7 Å². The fourth-order valence-corrected chi connectivity index (χ4v) is 3.28. The zero-order valence-corrected chi connectivity index (χ0v) is 12.8. The third-order valence-electron chi connectivity index (χ3n) is 3.32. The van der Waals surface area contributed by atoms with Gasteiger partial charge in [0.1, 0.15) is 0 Å². The monoisotopic (exact) mass is 335 g/mol. The van der Waals surface area contributed by atoms with Crippen LogP contribution in [0.1, 0.15) is 28.1 Å². The van der Waals surface area contributed by atoms with Crippen molar-refractivity contribution >= 4 is 39.2 Å². The van der Waals surface area contributed by atoms with Crippen LogP contribution in [0.5, 0.6) is 0 Å². The van der Waals surface area contributed by atoms with E-state index in [0.717, 1.165) is 28.6 Å². The van der Waals surface area contributed by atoms with Crippen molar-refractivity contribution < 1.29 is 4.79 Å². The summed E-state index contributed by atoms with van der Waals surface area (Å²) in [6.45, 7) is 0.889. The van der Waals surface area contributed by atoms with Crippen molar-refractivity contribution in [2.24, 2.45) is 0 Å². The minimum atomic E-state index is 0.579. The molecule has 0 radical (unpaired) electrons. The van der Waals surface area contributed by atoms with Crippen LogP contribution in [0.25, 0.3) is 0 Å². The standard InChI is InChI=1S/C15H14BrNOS/c16-12-4-3-11(10-18)15(8-12)17(13-5-6-13)9-14-2-1-7-19-14/h1-4,7-8,10,13H,5-6,9H2. The Morgan fingerprint density at radius 3 is 2.84 bits per heavy atom. The highest BCUT2D eigenvalue weighted by Crippen LogP contribution is 2.36. The molecule has 0 saturated heterocycles. The lowest BCUT2D eigenvalue weighted by molar-refractivity contribution is 0.112. The molecule has 0 amide bonds. The molecule has 0 atom stereocenters. The van der Waals surface area contributed by atoms with E-state index < -0.39 is 0 Å². The van der Waals surface area contributed by atoms with Crippen LogP contribution in [0, 0.1) is 0 Å². The van der Waals surface area contributed by atoms with Crippen LogP contribution in [0.3, 0.4) is 0 Å². The first kappa shape index (κ1) is 12.9. The van der Waals surface area contributed by atoms with Gasteiger partial charge in [-0.1, -0.05) is 22.0 Å². The third kappa shape index (κ3) is 2.90. The molecule has 98 valence electrons. The molecule has 1 heterocycles. The molecule has 0 N–H and O–H groups in total. The van der Waals surface area contributed by atoms with Gasteiger partial charge >= 0.3 is 0 Å². The first-order valence-corrected chi connectivity index (χ1v) is 7.99. The smallest absolute Gasteiger partial charge is 0.152 e. The maximum absolute atomic E-state index is 11.2. The Balaban J connectivity index is 1.95. The van der Waals surface area contributed by atoms with Crippen LogP contribution in [0.15, 0.2) is 40.2 Å². The van der Waals surface area contributed by atoms with E-state index in [4.69, 9.17) is 0 Å². The zero-order valence-electron chi connectivity index (χ0n) is 10.4. The van der Waals surface area contributed by atoms with Crippen LogP contribution in [-0.4, -0.2) is 12.3 Å². The number of halogens is 1. The molecule has 19 heavy (non-hydrogen) atoms. The fraction of sp³-hybridized carbons (Fsp3) is 0.267. The summed E-state index contributed by atoms with van der Waals surface area (Å²) in [7, 11) is 0. The second kappa shape index (κ2) is 5.47.